The summed E-state index contributed by atoms with van der Waals surface area (Å²) >= 11 is 0. The van der Waals surface area contributed by atoms with E-state index in [9.17, 15) is 0 Å². The molecule has 0 unspecified atom stereocenters. The van der Waals surface area contributed by atoms with Crippen molar-refractivity contribution < 1.29 is 0 Å². The summed E-state index contributed by atoms with van der Waals surface area (Å²) in [6.07, 6.45) is 1.96. The number of aryl methyl sites for hydroxylation is 1. The molecule has 3 rings (SSSR count). The van der Waals surface area contributed by atoms with Gasteiger partial charge in [0.05, 0.1) is 0 Å². The molecule has 0 aliphatic rings. The summed E-state index contributed by atoms with van der Waals surface area (Å²) in [5.41, 5.74) is 8.39. The topological polar surface area (TPSA) is 94.0 Å². The third kappa shape index (κ3) is 2.72. The highest BCUT2D eigenvalue weighted by atomic mass is 15.6. The molecule has 3 aromatic rings. The lowest BCUT2D eigenvalue weighted by Crippen LogP contribution is -2.02. The van der Waals surface area contributed by atoms with E-state index >= 15 is 0 Å². The van der Waals surface area contributed by atoms with E-state index in [0.717, 1.165) is 18.5 Å². The molecule has 0 fully saturated rings. The molecular formula is C13H15N7. The number of nitrogens with one attached hydrogen (secondary N) is 1. The van der Waals surface area contributed by atoms with Crippen LogP contribution in [0.1, 0.15) is 12.0 Å². The van der Waals surface area contributed by atoms with Gasteiger partial charge in [-0.05, 0) is 59.6 Å². The van der Waals surface area contributed by atoms with E-state index in [-0.39, 0.29) is 0 Å². The second kappa shape index (κ2) is 5.62. The largest absolute Gasteiger partial charge is 0.339 e. The van der Waals surface area contributed by atoms with Crippen LogP contribution in [0, 0.1) is 0 Å². The zero-order chi connectivity index (χ0) is 13.8. The minimum Gasteiger partial charge on any atom is -0.339 e. The van der Waals surface area contributed by atoms with Gasteiger partial charge in [-0.2, -0.15) is 0 Å². The summed E-state index contributed by atoms with van der Waals surface area (Å²) in [7, 11) is 0. The first-order chi connectivity index (χ1) is 9.85. The lowest BCUT2D eigenvalue weighted by molar-refractivity contribution is 0.736. The Labute approximate surface area is 115 Å². The SMILES string of the molecule is NCCCc1cccc(Nc2ccc3nnnn3n2)c1. The molecule has 1 aromatic carbocycles. The average molecular weight is 269 g/mol. The highest BCUT2D eigenvalue weighted by Crippen LogP contribution is 2.16. The lowest BCUT2D eigenvalue weighted by atomic mass is 10.1. The number of nitrogens with two attached hydrogens (primary N) is 1. The highest BCUT2D eigenvalue weighted by Gasteiger charge is 2.02. The van der Waals surface area contributed by atoms with Crippen molar-refractivity contribution >= 4 is 17.2 Å². The predicted octanol–water partition coefficient (Wildman–Crippen LogP) is 1.15. The lowest BCUT2D eigenvalue weighted by Gasteiger charge is -2.07. The van der Waals surface area contributed by atoms with Crippen molar-refractivity contribution in [1.82, 2.24) is 25.3 Å². The molecular weight excluding hydrogens is 254 g/mol. The molecule has 3 N–H and O–H groups in total. The average Bonchev–Trinajstić information content (AvgIpc) is 2.93. The van der Waals surface area contributed by atoms with Crippen molar-refractivity contribution in [3.63, 3.8) is 0 Å². The summed E-state index contributed by atoms with van der Waals surface area (Å²) in [4.78, 5) is 0. The van der Waals surface area contributed by atoms with E-state index < -0.39 is 0 Å². The number of nitrogens with zero attached hydrogens (tertiary/aromatic N) is 5. The Morgan fingerprint density at radius 1 is 1.20 bits per heavy atom. The number of anilines is 2. The quantitative estimate of drug-likeness (QED) is 0.721. The molecule has 102 valence electrons. The Bertz CT molecular complexity index is 707. The molecule has 2 heterocycles. The number of rotatable bonds is 5. The maximum absolute atomic E-state index is 5.53. The van der Waals surface area contributed by atoms with Crippen molar-refractivity contribution in [3.8, 4) is 0 Å². The zero-order valence-corrected chi connectivity index (χ0v) is 10.9. The van der Waals surface area contributed by atoms with Gasteiger partial charge in [0.1, 0.15) is 0 Å². The van der Waals surface area contributed by atoms with E-state index in [4.69, 9.17) is 5.73 Å². The van der Waals surface area contributed by atoms with Gasteiger partial charge in [0.25, 0.3) is 0 Å². The van der Waals surface area contributed by atoms with Crippen LogP contribution in [0.15, 0.2) is 36.4 Å². The molecule has 0 bridgehead atoms. The Morgan fingerprint density at radius 3 is 3.05 bits per heavy atom. The van der Waals surface area contributed by atoms with Crippen molar-refractivity contribution in [3.05, 3.63) is 42.0 Å². The van der Waals surface area contributed by atoms with Crippen LogP contribution < -0.4 is 11.1 Å². The second-order valence-corrected chi connectivity index (χ2v) is 4.46. The van der Waals surface area contributed by atoms with E-state index in [1.807, 2.05) is 24.3 Å². The number of fused-ring (bicyclic) bond motifs is 1. The van der Waals surface area contributed by atoms with Gasteiger partial charge in [0.15, 0.2) is 11.5 Å². The van der Waals surface area contributed by atoms with Gasteiger partial charge >= 0.3 is 0 Å². The number of hydrogen-bond donors (Lipinski definition) is 2. The molecule has 0 amide bonds. The molecule has 0 saturated carbocycles. The van der Waals surface area contributed by atoms with E-state index in [1.54, 1.807) is 0 Å². The van der Waals surface area contributed by atoms with Crippen molar-refractivity contribution in [1.29, 1.82) is 0 Å². The smallest absolute Gasteiger partial charge is 0.200 e. The van der Waals surface area contributed by atoms with Crippen molar-refractivity contribution in [2.75, 3.05) is 11.9 Å². The van der Waals surface area contributed by atoms with Crippen LogP contribution in [-0.4, -0.2) is 31.8 Å². The molecule has 7 heteroatoms. The maximum atomic E-state index is 5.53. The first kappa shape index (κ1) is 12.5. The minimum absolute atomic E-state index is 0.618. The minimum atomic E-state index is 0.618. The molecule has 0 aliphatic carbocycles. The van der Waals surface area contributed by atoms with Crippen LogP contribution >= 0.6 is 0 Å². The van der Waals surface area contributed by atoms with E-state index in [0.29, 0.717) is 18.0 Å². The van der Waals surface area contributed by atoms with Crippen LogP contribution in [0.2, 0.25) is 0 Å². The van der Waals surface area contributed by atoms with Crippen LogP contribution in [0.4, 0.5) is 11.5 Å². The summed E-state index contributed by atoms with van der Waals surface area (Å²) in [5, 5.41) is 18.7. The Balaban J connectivity index is 1.79. The standard InChI is InChI=1S/C13H15N7/c14-8-2-4-10-3-1-5-11(9-10)15-12-6-7-13-16-18-19-20(13)17-12/h1,3,5-7,9H,2,4,8,14H2,(H,15,17). The predicted molar refractivity (Wildman–Crippen MR) is 75.7 cm³/mol. The molecule has 0 atom stereocenters. The Morgan fingerprint density at radius 2 is 2.15 bits per heavy atom. The number of hydrogen-bond acceptors (Lipinski definition) is 6. The fourth-order valence-corrected chi connectivity index (χ4v) is 1.97. The van der Waals surface area contributed by atoms with Crippen molar-refractivity contribution in [2.24, 2.45) is 5.73 Å². The molecule has 0 saturated heterocycles. The van der Waals surface area contributed by atoms with Crippen LogP contribution in [-0.2, 0) is 6.42 Å². The first-order valence-corrected chi connectivity index (χ1v) is 6.46. The normalized spacial score (nSPS) is 10.8. The Hall–Kier alpha value is -2.54. The molecule has 7 nitrogen and oxygen atoms in total. The Kier molecular flexibility index (Phi) is 3.51. The van der Waals surface area contributed by atoms with E-state index in [1.165, 1.54) is 10.2 Å². The van der Waals surface area contributed by atoms with Gasteiger partial charge in [0.2, 0.25) is 0 Å². The van der Waals surface area contributed by atoms with Gasteiger partial charge in [-0.25, -0.2) is 0 Å². The fraction of sp³-hybridized carbons (Fsp3) is 0.231. The molecule has 0 aliphatic heterocycles. The third-order valence-electron chi connectivity index (χ3n) is 2.94. The molecule has 20 heavy (non-hydrogen) atoms. The van der Waals surface area contributed by atoms with E-state index in [2.05, 4.69) is 38.1 Å². The first-order valence-electron chi connectivity index (χ1n) is 6.46. The number of benzene rings is 1. The third-order valence-corrected chi connectivity index (χ3v) is 2.94. The monoisotopic (exact) mass is 269 g/mol. The van der Waals surface area contributed by atoms with Gasteiger partial charge < -0.3 is 11.1 Å². The van der Waals surface area contributed by atoms with Gasteiger partial charge in [-0.1, -0.05) is 12.1 Å². The van der Waals surface area contributed by atoms with Crippen molar-refractivity contribution in [2.45, 2.75) is 12.8 Å². The summed E-state index contributed by atoms with van der Waals surface area (Å²) in [5.74, 6) is 0.695. The maximum Gasteiger partial charge on any atom is 0.200 e. The number of aromatic nitrogens is 5. The fourth-order valence-electron chi connectivity index (χ4n) is 1.97. The zero-order valence-electron chi connectivity index (χ0n) is 10.9. The summed E-state index contributed by atoms with van der Waals surface area (Å²) < 4.78 is 1.39. The van der Waals surface area contributed by atoms with Crippen LogP contribution in [0.25, 0.3) is 5.65 Å². The van der Waals surface area contributed by atoms with Crippen LogP contribution in [0.3, 0.4) is 0 Å². The second-order valence-electron chi connectivity index (χ2n) is 4.46. The van der Waals surface area contributed by atoms with Gasteiger partial charge in [-0.15, -0.1) is 14.8 Å². The summed E-state index contributed by atoms with van der Waals surface area (Å²) in [6.45, 7) is 0.704. The van der Waals surface area contributed by atoms with Gasteiger partial charge in [-0.3, -0.25) is 0 Å². The molecule has 2 aromatic heterocycles. The molecule has 0 spiro atoms. The summed E-state index contributed by atoms with van der Waals surface area (Å²) in [6, 6.07) is 11.9. The van der Waals surface area contributed by atoms with Gasteiger partial charge in [0, 0.05) is 5.69 Å². The highest BCUT2D eigenvalue weighted by molar-refractivity contribution is 5.57. The molecule has 0 radical (unpaired) electrons. The number of tetrazole rings is 1. The van der Waals surface area contributed by atoms with Crippen LogP contribution in [0.5, 0.6) is 0 Å².